The van der Waals surface area contributed by atoms with E-state index in [-0.39, 0.29) is 0 Å². The maximum absolute atomic E-state index is 2.55. The third-order valence-electron chi connectivity index (χ3n) is 7.64. The number of rotatable bonds is 2. The van der Waals surface area contributed by atoms with Gasteiger partial charge in [0.25, 0.3) is 0 Å². The lowest BCUT2D eigenvalue weighted by Gasteiger charge is -2.16. The van der Waals surface area contributed by atoms with Crippen LogP contribution in [0.2, 0.25) is 0 Å². The summed E-state index contributed by atoms with van der Waals surface area (Å²) < 4.78 is 4.88. The minimum atomic E-state index is 0.485. The second-order valence-electron chi connectivity index (χ2n) is 10.3. The Labute approximate surface area is 189 Å². The highest BCUT2D eigenvalue weighted by atomic mass is 15.0. The van der Waals surface area contributed by atoms with E-state index in [2.05, 4.69) is 106 Å². The van der Waals surface area contributed by atoms with Crippen LogP contribution in [0.25, 0.3) is 49.0 Å². The second-order valence-corrected chi connectivity index (χ2v) is 10.3. The lowest BCUT2D eigenvalue weighted by atomic mass is 9.94. The Balaban J connectivity index is 2.03. The van der Waals surface area contributed by atoms with Gasteiger partial charge in [0.15, 0.2) is 6.20 Å². The van der Waals surface area contributed by atoms with Crippen molar-refractivity contribution >= 4 is 49.0 Å². The molecular formula is C30H31N2+. The summed E-state index contributed by atoms with van der Waals surface area (Å²) in [5, 5.41) is 6.83. The molecule has 0 unspecified atom stereocenters. The number of aryl methyl sites for hydroxylation is 3. The fourth-order valence-electron chi connectivity index (χ4n) is 5.64. The zero-order chi connectivity index (χ0) is 22.5. The molecule has 0 fully saturated rings. The van der Waals surface area contributed by atoms with Crippen molar-refractivity contribution in [1.29, 1.82) is 0 Å². The molecule has 32 heavy (non-hydrogen) atoms. The maximum atomic E-state index is 2.55. The molecule has 0 spiro atoms. The van der Waals surface area contributed by atoms with Crippen molar-refractivity contribution in [2.75, 3.05) is 0 Å². The largest absolute Gasteiger partial charge is 0.307 e. The lowest BCUT2D eigenvalue weighted by molar-refractivity contribution is -0.643. The third kappa shape index (κ3) is 2.38. The molecule has 0 saturated carbocycles. The van der Waals surface area contributed by atoms with Crippen molar-refractivity contribution in [2.24, 2.45) is 7.05 Å². The molecule has 0 radical (unpaired) electrons. The van der Waals surface area contributed by atoms with E-state index in [1.54, 1.807) is 0 Å². The van der Waals surface area contributed by atoms with Gasteiger partial charge in [0.2, 0.25) is 5.52 Å². The Morgan fingerprint density at radius 1 is 0.750 bits per heavy atom. The standard InChI is InChI=1S/C30H31N2/c1-16(2)20-8-9-25-23(14-20)24-12-18(5)19(6)27-29(24)32(25)26-15-22(17(3)4)13-21-10-11-31(7)30(27)28(21)26/h8-17H,1-7H3/q+1. The predicted octanol–water partition coefficient (Wildman–Crippen LogP) is 7.68. The van der Waals surface area contributed by atoms with Gasteiger partial charge in [-0.25, -0.2) is 4.57 Å². The summed E-state index contributed by atoms with van der Waals surface area (Å²) >= 11 is 0. The molecule has 2 nitrogen and oxygen atoms in total. The zero-order valence-electron chi connectivity index (χ0n) is 20.2. The molecule has 3 aromatic carbocycles. The van der Waals surface area contributed by atoms with Gasteiger partial charge >= 0.3 is 0 Å². The van der Waals surface area contributed by atoms with Crippen molar-refractivity contribution < 1.29 is 4.57 Å². The van der Waals surface area contributed by atoms with Crippen molar-refractivity contribution in [3.8, 4) is 0 Å². The van der Waals surface area contributed by atoms with E-state index < -0.39 is 0 Å². The Kier molecular flexibility index (Phi) is 3.94. The van der Waals surface area contributed by atoms with E-state index in [9.17, 15) is 0 Å². The zero-order valence-corrected chi connectivity index (χ0v) is 20.2. The average Bonchev–Trinajstić information content (AvgIpc) is 3.08. The van der Waals surface area contributed by atoms with Gasteiger partial charge < -0.3 is 4.40 Å². The number of fused-ring (bicyclic) bond motifs is 5. The van der Waals surface area contributed by atoms with E-state index in [4.69, 9.17) is 0 Å². The van der Waals surface area contributed by atoms with Crippen molar-refractivity contribution in [2.45, 2.75) is 53.4 Å². The third-order valence-corrected chi connectivity index (χ3v) is 7.64. The van der Waals surface area contributed by atoms with Gasteiger partial charge in [-0.05, 0) is 77.6 Å². The number of hydrogen-bond donors (Lipinski definition) is 0. The molecule has 0 bridgehead atoms. The molecule has 0 amide bonds. The van der Waals surface area contributed by atoms with Crippen LogP contribution in [0.15, 0.2) is 48.7 Å². The molecular weight excluding hydrogens is 388 g/mol. The van der Waals surface area contributed by atoms with Crippen LogP contribution in [0.5, 0.6) is 0 Å². The van der Waals surface area contributed by atoms with E-state index >= 15 is 0 Å². The van der Waals surface area contributed by atoms with E-state index in [0.29, 0.717) is 11.8 Å². The number of benzene rings is 3. The molecule has 0 aliphatic carbocycles. The normalized spacial score (nSPS) is 12.8. The van der Waals surface area contributed by atoms with Gasteiger partial charge in [0.1, 0.15) is 7.05 Å². The fourth-order valence-corrected chi connectivity index (χ4v) is 5.64. The number of nitrogens with zero attached hydrogens (tertiary/aromatic N) is 2. The number of aromatic nitrogens is 2. The molecule has 160 valence electrons. The first kappa shape index (κ1) is 19.5. The summed E-state index contributed by atoms with van der Waals surface area (Å²) in [5.41, 5.74) is 10.9. The van der Waals surface area contributed by atoms with Crippen LogP contribution in [0.1, 0.15) is 61.8 Å². The molecule has 6 aromatic rings. The van der Waals surface area contributed by atoms with Crippen LogP contribution in [0.4, 0.5) is 0 Å². The van der Waals surface area contributed by atoms with Gasteiger partial charge in [-0.3, -0.25) is 0 Å². The first-order valence-corrected chi connectivity index (χ1v) is 11.8. The van der Waals surface area contributed by atoms with Crippen LogP contribution in [-0.2, 0) is 7.05 Å². The first-order valence-electron chi connectivity index (χ1n) is 11.8. The molecule has 6 rings (SSSR count). The van der Waals surface area contributed by atoms with Crippen LogP contribution < -0.4 is 4.57 Å². The van der Waals surface area contributed by atoms with E-state index in [1.807, 2.05) is 0 Å². The van der Waals surface area contributed by atoms with Gasteiger partial charge in [0.05, 0.1) is 27.3 Å². The number of pyridine rings is 2. The Morgan fingerprint density at radius 3 is 2.22 bits per heavy atom. The Bertz CT molecular complexity index is 1700. The molecule has 0 saturated heterocycles. The Hall–Kier alpha value is -3.13. The molecule has 3 heterocycles. The molecule has 0 aliphatic rings. The summed E-state index contributed by atoms with van der Waals surface area (Å²) in [5.74, 6) is 0.999. The van der Waals surface area contributed by atoms with Crippen LogP contribution in [0.3, 0.4) is 0 Å². The van der Waals surface area contributed by atoms with Crippen LogP contribution in [0, 0.1) is 13.8 Å². The van der Waals surface area contributed by atoms with Crippen molar-refractivity contribution in [3.05, 3.63) is 70.9 Å². The average molecular weight is 420 g/mol. The van der Waals surface area contributed by atoms with Gasteiger partial charge in [-0.15, -0.1) is 0 Å². The second kappa shape index (κ2) is 6.45. The van der Waals surface area contributed by atoms with Crippen molar-refractivity contribution in [3.63, 3.8) is 0 Å². The molecule has 0 aliphatic heterocycles. The van der Waals surface area contributed by atoms with Gasteiger partial charge in [-0.2, -0.15) is 0 Å². The van der Waals surface area contributed by atoms with Gasteiger partial charge in [-0.1, -0.05) is 39.8 Å². The highest BCUT2D eigenvalue weighted by Gasteiger charge is 2.25. The summed E-state index contributed by atoms with van der Waals surface area (Å²) in [6, 6.07) is 16.6. The highest BCUT2D eigenvalue weighted by molar-refractivity contribution is 6.26. The summed E-state index contributed by atoms with van der Waals surface area (Å²) in [7, 11) is 2.19. The number of hydrogen-bond acceptors (Lipinski definition) is 0. The minimum Gasteiger partial charge on any atom is -0.307 e. The van der Waals surface area contributed by atoms with E-state index in [0.717, 1.165) is 0 Å². The Morgan fingerprint density at radius 2 is 1.50 bits per heavy atom. The predicted molar refractivity (Wildman–Crippen MR) is 137 cm³/mol. The summed E-state index contributed by atoms with van der Waals surface area (Å²) in [6.07, 6.45) is 2.23. The van der Waals surface area contributed by atoms with Gasteiger partial charge in [0, 0.05) is 16.8 Å². The molecule has 0 atom stereocenters. The smallest absolute Gasteiger partial charge is 0.224 e. The highest BCUT2D eigenvalue weighted by Crippen LogP contribution is 2.42. The molecule has 3 aromatic heterocycles. The lowest BCUT2D eigenvalue weighted by Crippen LogP contribution is -2.29. The minimum absolute atomic E-state index is 0.485. The quantitative estimate of drug-likeness (QED) is 0.155. The van der Waals surface area contributed by atoms with Crippen LogP contribution in [-0.4, -0.2) is 4.40 Å². The maximum Gasteiger partial charge on any atom is 0.224 e. The van der Waals surface area contributed by atoms with E-state index in [1.165, 1.54) is 71.3 Å². The summed E-state index contributed by atoms with van der Waals surface area (Å²) in [6.45, 7) is 13.7. The first-order chi connectivity index (χ1) is 15.3. The SMILES string of the molecule is Cc1cc2c3cc(C(C)C)ccc3n3c4cc(C(C)C)cc5cc[n+](C)c(c(c1C)c23)c54. The molecule has 2 heteroatoms. The fraction of sp³-hybridized carbons (Fsp3) is 0.300. The monoisotopic (exact) mass is 419 g/mol. The summed E-state index contributed by atoms with van der Waals surface area (Å²) in [4.78, 5) is 0. The topological polar surface area (TPSA) is 8.29 Å². The van der Waals surface area contributed by atoms with Crippen LogP contribution >= 0.6 is 0 Å². The van der Waals surface area contributed by atoms with Crippen molar-refractivity contribution in [1.82, 2.24) is 4.40 Å². The molecule has 0 N–H and O–H groups in total.